The molecule has 3 nitrogen and oxygen atoms in total. The van der Waals surface area contributed by atoms with Gasteiger partial charge in [-0.15, -0.1) is 0 Å². The highest BCUT2D eigenvalue weighted by atomic mass is 35.5. The normalized spacial score (nSPS) is 10.9. The van der Waals surface area contributed by atoms with Crippen molar-refractivity contribution in [3.63, 3.8) is 0 Å². The first kappa shape index (κ1) is 14.2. The average Bonchev–Trinajstić information content (AvgIpc) is 2.33. The standard InChI is InChI=1S/C13H22ClN3/c1-5-8-11-12(14)15-9-16-13(11)17(4)10(6-2)7-3/h9-10H,5-8H2,1-4H3. The largest absolute Gasteiger partial charge is 0.356 e. The van der Waals surface area contributed by atoms with Crippen molar-refractivity contribution in [2.24, 2.45) is 0 Å². The fourth-order valence-corrected chi connectivity index (χ4v) is 2.38. The third kappa shape index (κ3) is 3.32. The minimum atomic E-state index is 0.511. The first-order chi connectivity index (χ1) is 8.15. The molecular formula is C13H22ClN3. The molecule has 1 rings (SSSR count). The average molecular weight is 256 g/mol. The van der Waals surface area contributed by atoms with Crippen molar-refractivity contribution in [2.45, 2.75) is 52.5 Å². The third-order valence-electron chi connectivity index (χ3n) is 3.19. The summed E-state index contributed by atoms with van der Waals surface area (Å²) in [6.07, 6.45) is 5.76. The lowest BCUT2D eigenvalue weighted by atomic mass is 10.1. The molecule has 0 aromatic carbocycles. The topological polar surface area (TPSA) is 29.0 Å². The van der Waals surface area contributed by atoms with E-state index in [9.17, 15) is 0 Å². The van der Waals surface area contributed by atoms with E-state index < -0.39 is 0 Å². The molecule has 4 heteroatoms. The summed E-state index contributed by atoms with van der Waals surface area (Å²) in [5, 5.41) is 0.592. The van der Waals surface area contributed by atoms with Gasteiger partial charge in [-0.3, -0.25) is 0 Å². The van der Waals surface area contributed by atoms with Crippen LogP contribution in [0.4, 0.5) is 5.82 Å². The van der Waals surface area contributed by atoms with Crippen LogP contribution in [0.3, 0.4) is 0 Å². The van der Waals surface area contributed by atoms with Crippen LogP contribution >= 0.6 is 11.6 Å². The molecule has 0 aliphatic carbocycles. The van der Waals surface area contributed by atoms with E-state index >= 15 is 0 Å². The van der Waals surface area contributed by atoms with Gasteiger partial charge in [-0.2, -0.15) is 0 Å². The maximum Gasteiger partial charge on any atom is 0.137 e. The lowest BCUT2D eigenvalue weighted by molar-refractivity contribution is 0.583. The Kier molecular flexibility index (Phi) is 5.69. The van der Waals surface area contributed by atoms with Gasteiger partial charge in [0.05, 0.1) is 0 Å². The van der Waals surface area contributed by atoms with Gasteiger partial charge in [0.1, 0.15) is 17.3 Å². The molecule has 1 aromatic rings. The van der Waals surface area contributed by atoms with Crippen LogP contribution in [0.2, 0.25) is 5.15 Å². The molecule has 1 heterocycles. The minimum Gasteiger partial charge on any atom is -0.356 e. The number of hydrogen-bond donors (Lipinski definition) is 0. The first-order valence-corrected chi connectivity index (χ1v) is 6.75. The molecule has 17 heavy (non-hydrogen) atoms. The summed E-state index contributed by atoms with van der Waals surface area (Å²) in [6, 6.07) is 0.511. The smallest absolute Gasteiger partial charge is 0.137 e. The number of nitrogens with zero attached hydrogens (tertiary/aromatic N) is 3. The maximum absolute atomic E-state index is 6.17. The van der Waals surface area contributed by atoms with Crippen molar-refractivity contribution in [1.82, 2.24) is 9.97 Å². The van der Waals surface area contributed by atoms with Crippen molar-refractivity contribution >= 4 is 17.4 Å². The van der Waals surface area contributed by atoms with E-state index in [1.165, 1.54) is 0 Å². The van der Waals surface area contributed by atoms with Gasteiger partial charge in [-0.1, -0.05) is 38.8 Å². The van der Waals surface area contributed by atoms with Crippen molar-refractivity contribution in [3.8, 4) is 0 Å². The summed E-state index contributed by atoms with van der Waals surface area (Å²) in [5.74, 6) is 0.987. The van der Waals surface area contributed by atoms with Gasteiger partial charge < -0.3 is 4.90 Å². The Morgan fingerprint density at radius 2 is 1.88 bits per heavy atom. The van der Waals surface area contributed by atoms with Crippen LogP contribution in [-0.2, 0) is 6.42 Å². The summed E-state index contributed by atoms with van der Waals surface area (Å²) in [6.45, 7) is 6.55. The molecule has 0 amide bonds. The first-order valence-electron chi connectivity index (χ1n) is 6.37. The van der Waals surface area contributed by atoms with E-state index in [-0.39, 0.29) is 0 Å². The lowest BCUT2D eigenvalue weighted by Gasteiger charge is -2.29. The molecule has 0 unspecified atom stereocenters. The molecule has 0 saturated heterocycles. The molecule has 0 fully saturated rings. The molecule has 1 aromatic heterocycles. The van der Waals surface area contributed by atoms with Crippen LogP contribution in [-0.4, -0.2) is 23.1 Å². The highest BCUT2D eigenvalue weighted by Crippen LogP contribution is 2.26. The minimum absolute atomic E-state index is 0.511. The molecule has 0 spiro atoms. The van der Waals surface area contributed by atoms with Gasteiger partial charge in [0.15, 0.2) is 0 Å². The monoisotopic (exact) mass is 255 g/mol. The van der Waals surface area contributed by atoms with E-state index in [1.54, 1.807) is 6.33 Å². The Morgan fingerprint density at radius 3 is 2.41 bits per heavy atom. The van der Waals surface area contributed by atoms with E-state index in [0.29, 0.717) is 11.2 Å². The van der Waals surface area contributed by atoms with E-state index in [1.807, 2.05) is 0 Å². The van der Waals surface area contributed by atoms with Gasteiger partial charge >= 0.3 is 0 Å². The number of hydrogen-bond acceptors (Lipinski definition) is 3. The zero-order chi connectivity index (χ0) is 12.8. The number of aromatic nitrogens is 2. The number of halogens is 1. The van der Waals surface area contributed by atoms with Gasteiger partial charge in [0.25, 0.3) is 0 Å². The molecule has 0 aliphatic heterocycles. The zero-order valence-electron chi connectivity index (χ0n) is 11.2. The van der Waals surface area contributed by atoms with Crippen molar-refractivity contribution in [3.05, 3.63) is 17.0 Å². The Morgan fingerprint density at radius 1 is 1.24 bits per heavy atom. The van der Waals surface area contributed by atoms with E-state index in [2.05, 4.69) is 42.7 Å². The Hall–Kier alpha value is -0.830. The second-order valence-corrected chi connectivity index (χ2v) is 4.66. The molecule has 0 radical (unpaired) electrons. The molecular weight excluding hydrogens is 234 g/mol. The quantitative estimate of drug-likeness (QED) is 0.726. The molecule has 0 aliphatic rings. The Labute approximate surface area is 109 Å². The van der Waals surface area contributed by atoms with E-state index in [0.717, 1.165) is 37.1 Å². The number of anilines is 1. The number of rotatable bonds is 6. The third-order valence-corrected chi connectivity index (χ3v) is 3.52. The molecule has 0 saturated carbocycles. The summed E-state index contributed by atoms with van der Waals surface area (Å²) >= 11 is 6.17. The SMILES string of the molecule is CCCc1c(Cl)ncnc1N(C)C(CC)CC. The predicted molar refractivity (Wildman–Crippen MR) is 73.8 cm³/mol. The van der Waals surface area contributed by atoms with Gasteiger partial charge in [0.2, 0.25) is 0 Å². The summed E-state index contributed by atoms with van der Waals surface area (Å²) in [5.41, 5.74) is 1.08. The van der Waals surface area contributed by atoms with Crippen LogP contribution < -0.4 is 4.90 Å². The van der Waals surface area contributed by atoms with Crippen molar-refractivity contribution < 1.29 is 0 Å². The molecule has 96 valence electrons. The van der Waals surface area contributed by atoms with E-state index in [4.69, 9.17) is 11.6 Å². The molecule has 0 bridgehead atoms. The van der Waals surface area contributed by atoms with Crippen LogP contribution in [0.15, 0.2) is 6.33 Å². The highest BCUT2D eigenvalue weighted by Gasteiger charge is 2.17. The molecule has 0 N–H and O–H groups in total. The summed E-state index contributed by atoms with van der Waals surface area (Å²) < 4.78 is 0. The Balaban J connectivity index is 3.07. The van der Waals surface area contributed by atoms with Gasteiger partial charge in [-0.25, -0.2) is 9.97 Å². The van der Waals surface area contributed by atoms with Crippen LogP contribution in [0.25, 0.3) is 0 Å². The fourth-order valence-electron chi connectivity index (χ4n) is 2.16. The highest BCUT2D eigenvalue weighted by molar-refractivity contribution is 6.30. The van der Waals surface area contributed by atoms with Crippen LogP contribution in [0, 0.1) is 0 Å². The predicted octanol–water partition coefficient (Wildman–Crippen LogP) is 3.71. The summed E-state index contributed by atoms with van der Waals surface area (Å²) in [7, 11) is 2.09. The molecule has 0 atom stereocenters. The van der Waals surface area contributed by atoms with Gasteiger partial charge in [-0.05, 0) is 19.3 Å². The second kappa shape index (κ2) is 6.80. The second-order valence-electron chi connectivity index (χ2n) is 4.30. The van der Waals surface area contributed by atoms with Crippen molar-refractivity contribution in [2.75, 3.05) is 11.9 Å². The zero-order valence-corrected chi connectivity index (χ0v) is 12.0. The van der Waals surface area contributed by atoms with Crippen molar-refractivity contribution in [1.29, 1.82) is 0 Å². The van der Waals surface area contributed by atoms with Crippen LogP contribution in [0.5, 0.6) is 0 Å². The maximum atomic E-state index is 6.17. The summed E-state index contributed by atoms with van der Waals surface area (Å²) in [4.78, 5) is 10.7. The Bertz CT molecular complexity index is 351. The van der Waals surface area contributed by atoms with Gasteiger partial charge in [0, 0.05) is 18.7 Å². The van der Waals surface area contributed by atoms with Crippen LogP contribution in [0.1, 0.15) is 45.6 Å². The fraction of sp³-hybridized carbons (Fsp3) is 0.692. The lowest BCUT2D eigenvalue weighted by Crippen LogP contribution is -2.32.